The molecule has 0 saturated carbocycles. The van der Waals surface area contributed by atoms with Crippen LogP contribution in [0.4, 0.5) is 0 Å². The summed E-state index contributed by atoms with van der Waals surface area (Å²) in [6, 6.07) is 21.5. The number of esters is 3. The number of benzene rings is 3. The van der Waals surface area contributed by atoms with Crippen LogP contribution in [0.25, 0.3) is 11.1 Å². The molecule has 0 heterocycles. The summed E-state index contributed by atoms with van der Waals surface area (Å²) in [5, 5.41) is 0. The second-order valence-corrected chi connectivity index (χ2v) is 11.7. The van der Waals surface area contributed by atoms with Crippen molar-refractivity contribution in [2.75, 3.05) is 19.8 Å². The molecule has 0 bridgehead atoms. The fraction of sp³-hybridized carbons (Fsp3) is 0.410. The summed E-state index contributed by atoms with van der Waals surface area (Å²) in [4.78, 5) is 36.3. The summed E-state index contributed by atoms with van der Waals surface area (Å²) in [7, 11) is 0. The van der Waals surface area contributed by atoms with Crippen molar-refractivity contribution in [3.05, 3.63) is 96.1 Å². The second kappa shape index (κ2) is 19.9. The summed E-state index contributed by atoms with van der Waals surface area (Å²) in [6.45, 7) is 10.9. The van der Waals surface area contributed by atoms with Crippen LogP contribution in [0.15, 0.2) is 84.9 Å². The van der Waals surface area contributed by atoms with E-state index in [0.29, 0.717) is 48.2 Å². The molecule has 0 aliphatic rings. The molecule has 0 aromatic heterocycles. The maximum absolute atomic E-state index is 12.7. The zero-order valence-corrected chi connectivity index (χ0v) is 27.6. The van der Waals surface area contributed by atoms with Crippen molar-refractivity contribution in [3.8, 4) is 22.6 Å². The minimum absolute atomic E-state index is 0.307. The number of hydrogen-bond acceptors (Lipinski definition) is 7. The highest BCUT2D eigenvalue weighted by Gasteiger charge is 2.11. The Hall–Kier alpha value is -4.39. The number of carbonyl (C=O) groups is 3. The maximum Gasteiger partial charge on any atom is 0.343 e. The molecule has 0 aliphatic carbocycles. The van der Waals surface area contributed by atoms with Gasteiger partial charge in [-0.3, -0.25) is 0 Å². The molecule has 0 fully saturated rings. The Morgan fingerprint density at radius 3 is 1.67 bits per heavy atom. The average molecular weight is 629 g/mol. The van der Waals surface area contributed by atoms with Crippen LogP contribution in [0.3, 0.4) is 0 Å². The Balaban J connectivity index is 1.30. The third kappa shape index (κ3) is 12.9. The lowest BCUT2D eigenvalue weighted by Gasteiger charge is -2.10. The number of ether oxygens (including phenoxy) is 4. The Kier molecular flexibility index (Phi) is 15.6. The van der Waals surface area contributed by atoms with Crippen LogP contribution in [-0.2, 0) is 14.3 Å². The highest BCUT2D eigenvalue weighted by Crippen LogP contribution is 2.24. The zero-order valence-electron chi connectivity index (χ0n) is 27.6. The molecule has 0 unspecified atom stereocenters. The van der Waals surface area contributed by atoms with Crippen LogP contribution in [-0.4, -0.2) is 37.7 Å². The monoisotopic (exact) mass is 628 g/mol. The number of unbranched alkanes of at least 4 members (excludes halogenated alkanes) is 7. The van der Waals surface area contributed by atoms with E-state index in [-0.39, 0.29) is 11.9 Å². The third-order valence-corrected chi connectivity index (χ3v) is 7.69. The minimum atomic E-state index is -0.438. The molecule has 246 valence electrons. The Morgan fingerprint density at radius 2 is 1.11 bits per heavy atom. The van der Waals surface area contributed by atoms with Gasteiger partial charge in [-0.1, -0.05) is 89.6 Å². The second-order valence-electron chi connectivity index (χ2n) is 11.7. The molecule has 0 radical (unpaired) electrons. The summed E-state index contributed by atoms with van der Waals surface area (Å²) in [5.74, 6) is 0.445. The van der Waals surface area contributed by atoms with Crippen molar-refractivity contribution >= 4 is 17.9 Å². The van der Waals surface area contributed by atoms with Crippen LogP contribution in [0.5, 0.6) is 11.5 Å². The van der Waals surface area contributed by atoms with Crippen LogP contribution < -0.4 is 9.47 Å². The van der Waals surface area contributed by atoms with Gasteiger partial charge in [0.2, 0.25) is 0 Å². The lowest BCUT2D eigenvalue weighted by atomic mass is 10.0. The Bertz CT molecular complexity index is 1380. The fourth-order valence-corrected chi connectivity index (χ4v) is 4.53. The minimum Gasteiger partial charge on any atom is -0.494 e. The molecule has 7 heteroatoms. The first-order valence-corrected chi connectivity index (χ1v) is 16.4. The molecule has 3 aromatic carbocycles. The Morgan fingerprint density at radius 1 is 0.630 bits per heavy atom. The van der Waals surface area contributed by atoms with Crippen molar-refractivity contribution in [3.63, 3.8) is 0 Å². The zero-order chi connectivity index (χ0) is 33.1. The van der Waals surface area contributed by atoms with E-state index < -0.39 is 5.97 Å². The molecule has 0 saturated heterocycles. The summed E-state index contributed by atoms with van der Waals surface area (Å²) < 4.78 is 21.9. The van der Waals surface area contributed by atoms with Gasteiger partial charge >= 0.3 is 17.9 Å². The van der Waals surface area contributed by atoms with E-state index in [9.17, 15) is 14.4 Å². The summed E-state index contributed by atoms with van der Waals surface area (Å²) in [5.41, 5.74) is 3.29. The average Bonchev–Trinajstić information content (AvgIpc) is 3.08. The number of rotatable bonds is 20. The lowest BCUT2D eigenvalue weighted by Crippen LogP contribution is -2.11. The van der Waals surface area contributed by atoms with E-state index in [0.717, 1.165) is 55.4 Å². The standard InChI is InChI=1S/C39H48O7/c1-5-30(4)28-45-38(41)33-16-14-31(15-17-33)32-18-24-36(25-19-32)46-39(42)34-20-22-35(23-21-34)43-26-12-10-8-6-7-9-11-13-27-44-37(40)29(2)3/h14-25,30H,2,5-13,26-28H2,1,3-4H3/t30-/m0/s1. The molecular weight excluding hydrogens is 580 g/mol. The van der Waals surface area contributed by atoms with Crippen LogP contribution in [0, 0.1) is 5.92 Å². The van der Waals surface area contributed by atoms with Gasteiger partial charge in [0.1, 0.15) is 11.5 Å². The molecule has 0 N–H and O–H groups in total. The van der Waals surface area contributed by atoms with Gasteiger partial charge in [-0.05, 0) is 85.3 Å². The van der Waals surface area contributed by atoms with Crippen molar-refractivity contribution in [2.24, 2.45) is 5.92 Å². The highest BCUT2D eigenvalue weighted by molar-refractivity contribution is 5.91. The first-order valence-electron chi connectivity index (χ1n) is 16.4. The van der Waals surface area contributed by atoms with Gasteiger partial charge in [0, 0.05) is 5.57 Å². The van der Waals surface area contributed by atoms with E-state index in [2.05, 4.69) is 20.4 Å². The molecular formula is C39H48O7. The molecule has 0 amide bonds. The molecule has 3 aromatic rings. The molecule has 0 aliphatic heterocycles. The first kappa shape index (κ1) is 36.1. The van der Waals surface area contributed by atoms with Crippen molar-refractivity contribution in [2.45, 2.75) is 78.6 Å². The largest absolute Gasteiger partial charge is 0.494 e. The van der Waals surface area contributed by atoms with E-state index in [4.69, 9.17) is 18.9 Å². The van der Waals surface area contributed by atoms with Crippen molar-refractivity contribution in [1.82, 2.24) is 0 Å². The molecule has 1 atom stereocenters. The van der Waals surface area contributed by atoms with Crippen molar-refractivity contribution < 1.29 is 33.3 Å². The van der Waals surface area contributed by atoms with E-state index in [1.165, 1.54) is 19.3 Å². The normalized spacial score (nSPS) is 11.4. The van der Waals surface area contributed by atoms with Crippen LogP contribution in [0.1, 0.15) is 99.3 Å². The summed E-state index contributed by atoms with van der Waals surface area (Å²) in [6.07, 6.45) is 9.70. The van der Waals surface area contributed by atoms with Gasteiger partial charge in [-0.2, -0.15) is 0 Å². The highest BCUT2D eigenvalue weighted by atomic mass is 16.5. The van der Waals surface area contributed by atoms with Gasteiger partial charge < -0.3 is 18.9 Å². The maximum atomic E-state index is 12.7. The lowest BCUT2D eigenvalue weighted by molar-refractivity contribution is -0.139. The smallest absolute Gasteiger partial charge is 0.343 e. The van der Waals surface area contributed by atoms with E-state index >= 15 is 0 Å². The quantitative estimate of drug-likeness (QED) is 0.0533. The molecule has 46 heavy (non-hydrogen) atoms. The first-order chi connectivity index (χ1) is 22.3. The molecule has 3 rings (SSSR count). The predicted octanol–water partition coefficient (Wildman–Crippen LogP) is 9.39. The topological polar surface area (TPSA) is 88.1 Å². The van der Waals surface area contributed by atoms with Gasteiger partial charge in [0.15, 0.2) is 0 Å². The summed E-state index contributed by atoms with van der Waals surface area (Å²) >= 11 is 0. The number of hydrogen-bond donors (Lipinski definition) is 0. The fourth-order valence-electron chi connectivity index (χ4n) is 4.53. The van der Waals surface area contributed by atoms with Gasteiger partial charge in [-0.15, -0.1) is 0 Å². The third-order valence-electron chi connectivity index (χ3n) is 7.69. The van der Waals surface area contributed by atoms with E-state index in [1.54, 1.807) is 55.5 Å². The van der Waals surface area contributed by atoms with Gasteiger partial charge in [0.05, 0.1) is 30.9 Å². The number of carbonyl (C=O) groups excluding carboxylic acids is 3. The van der Waals surface area contributed by atoms with E-state index in [1.807, 2.05) is 24.3 Å². The van der Waals surface area contributed by atoms with Crippen LogP contribution in [0.2, 0.25) is 0 Å². The van der Waals surface area contributed by atoms with Crippen LogP contribution >= 0.6 is 0 Å². The Labute approximate surface area is 273 Å². The molecule has 0 spiro atoms. The van der Waals surface area contributed by atoms with Gasteiger partial charge in [0.25, 0.3) is 0 Å². The van der Waals surface area contributed by atoms with Crippen molar-refractivity contribution in [1.29, 1.82) is 0 Å². The predicted molar refractivity (Wildman–Crippen MR) is 181 cm³/mol. The van der Waals surface area contributed by atoms with Gasteiger partial charge in [-0.25, -0.2) is 14.4 Å². The molecule has 7 nitrogen and oxygen atoms in total. The SMILES string of the molecule is C=C(C)C(=O)OCCCCCCCCCCOc1ccc(C(=O)Oc2ccc(-c3ccc(C(=O)OC[C@@H](C)CC)cc3)cc2)cc1.